The maximum absolute atomic E-state index is 13.5. The summed E-state index contributed by atoms with van der Waals surface area (Å²) in [5.74, 6) is 0.955. The minimum Gasteiger partial charge on any atom is -0.497 e. The summed E-state index contributed by atoms with van der Waals surface area (Å²) in [4.78, 5) is 37.6. The van der Waals surface area contributed by atoms with E-state index in [1.54, 1.807) is 43.5 Å². The smallest absolute Gasteiger partial charge is 0.271 e. The lowest BCUT2D eigenvalue weighted by Crippen LogP contribution is -2.20. The van der Waals surface area contributed by atoms with E-state index in [0.717, 1.165) is 17.4 Å². The summed E-state index contributed by atoms with van der Waals surface area (Å²) in [6, 6.07) is 22.8. The van der Waals surface area contributed by atoms with E-state index in [-0.39, 0.29) is 28.3 Å². The summed E-state index contributed by atoms with van der Waals surface area (Å²) < 4.78 is 21.6. The summed E-state index contributed by atoms with van der Waals surface area (Å²) in [5.41, 5.74) is 1.45. The zero-order valence-electron chi connectivity index (χ0n) is 25.1. The van der Waals surface area contributed by atoms with Gasteiger partial charge in [0.2, 0.25) is 0 Å². The number of anilines is 2. The maximum Gasteiger partial charge on any atom is 0.271 e. The fourth-order valence-corrected chi connectivity index (χ4v) is 4.30. The molecule has 0 aromatic heterocycles. The lowest BCUT2D eigenvalue weighted by Gasteiger charge is -2.15. The highest BCUT2D eigenvalue weighted by Gasteiger charge is 2.21. The fraction of sp³-hybridized carbons (Fsp3) is 0.212. The molecule has 0 fully saturated rings. The Morgan fingerprint density at radius 1 is 0.733 bits per heavy atom. The molecule has 45 heavy (non-hydrogen) atoms. The Morgan fingerprint density at radius 2 is 1.33 bits per heavy atom. The number of amides is 2. The van der Waals surface area contributed by atoms with Crippen molar-refractivity contribution >= 4 is 28.9 Å². The van der Waals surface area contributed by atoms with E-state index >= 15 is 0 Å². The molecule has 12 nitrogen and oxygen atoms in total. The largest absolute Gasteiger partial charge is 0.497 e. The molecule has 12 heteroatoms. The number of hydrogen-bond acceptors (Lipinski definition) is 9. The van der Waals surface area contributed by atoms with Gasteiger partial charge in [-0.3, -0.25) is 19.7 Å². The zero-order chi connectivity index (χ0) is 32.2. The van der Waals surface area contributed by atoms with Crippen molar-refractivity contribution in [1.29, 1.82) is 0 Å². The van der Waals surface area contributed by atoms with Crippen molar-refractivity contribution < 1.29 is 33.5 Å². The number of rotatable bonds is 15. The molecule has 234 valence electrons. The van der Waals surface area contributed by atoms with Crippen molar-refractivity contribution in [3.63, 3.8) is 0 Å². The second-order valence-corrected chi connectivity index (χ2v) is 9.71. The molecule has 3 N–H and O–H groups in total. The Morgan fingerprint density at radius 3 is 1.98 bits per heavy atom. The van der Waals surface area contributed by atoms with Gasteiger partial charge in [0.25, 0.3) is 17.5 Å². The number of methoxy groups -OCH3 is 3. The standard InChI is InChI=1S/C33H34N4O8/c1-42-25-10-5-22(6-11-25)21-34-17-4-18-45-31-20-27(44-3)14-16-29(31)33(39)36-30-19-24(37(40)41)9-15-28(30)32(38)35-23-7-12-26(43-2)13-8-23/h5-16,19-20,34H,4,17-18,21H2,1-3H3,(H,35,38)(H,36,39). The number of non-ortho nitro benzene ring substituents is 1. The zero-order valence-corrected chi connectivity index (χ0v) is 25.1. The molecule has 0 saturated heterocycles. The van der Waals surface area contributed by atoms with Crippen LogP contribution in [0, 0.1) is 10.1 Å². The van der Waals surface area contributed by atoms with E-state index in [1.165, 1.54) is 32.4 Å². The van der Waals surface area contributed by atoms with Crippen molar-refractivity contribution in [2.75, 3.05) is 45.1 Å². The normalized spacial score (nSPS) is 10.5. The van der Waals surface area contributed by atoms with Gasteiger partial charge in [0, 0.05) is 30.4 Å². The summed E-state index contributed by atoms with van der Waals surface area (Å²) in [7, 11) is 4.65. The number of carbonyl (C=O) groups excluding carboxylic acids is 2. The van der Waals surface area contributed by atoms with Crippen LogP contribution in [0.15, 0.2) is 84.9 Å². The molecule has 4 rings (SSSR count). The van der Waals surface area contributed by atoms with Gasteiger partial charge in [-0.2, -0.15) is 0 Å². The van der Waals surface area contributed by atoms with Crippen LogP contribution in [0.3, 0.4) is 0 Å². The minimum atomic E-state index is -0.621. The van der Waals surface area contributed by atoms with Gasteiger partial charge in [0.15, 0.2) is 0 Å². The first-order valence-corrected chi connectivity index (χ1v) is 14.0. The van der Waals surface area contributed by atoms with Crippen molar-refractivity contribution in [1.82, 2.24) is 5.32 Å². The third kappa shape index (κ3) is 8.94. The molecule has 0 spiro atoms. The molecule has 0 aliphatic carbocycles. The van der Waals surface area contributed by atoms with E-state index in [9.17, 15) is 19.7 Å². The van der Waals surface area contributed by atoms with Gasteiger partial charge < -0.3 is 34.9 Å². The Labute approximate surface area is 260 Å². The molecular formula is C33H34N4O8. The lowest BCUT2D eigenvalue weighted by atomic mass is 10.1. The first-order valence-electron chi connectivity index (χ1n) is 14.0. The Bertz CT molecular complexity index is 1630. The second-order valence-electron chi connectivity index (χ2n) is 9.71. The minimum absolute atomic E-state index is 0.0312. The fourth-order valence-electron chi connectivity index (χ4n) is 4.30. The first-order chi connectivity index (χ1) is 21.8. The van der Waals surface area contributed by atoms with E-state index in [0.29, 0.717) is 43.3 Å². The van der Waals surface area contributed by atoms with Crippen molar-refractivity contribution in [2.45, 2.75) is 13.0 Å². The Balaban J connectivity index is 1.44. The number of nitrogens with one attached hydrogen (secondary N) is 3. The average molecular weight is 615 g/mol. The topological polar surface area (TPSA) is 150 Å². The first kappa shape index (κ1) is 32.3. The van der Waals surface area contributed by atoms with Gasteiger partial charge in [-0.25, -0.2) is 0 Å². The summed E-state index contributed by atoms with van der Waals surface area (Å²) in [6.07, 6.45) is 0.648. The van der Waals surface area contributed by atoms with E-state index in [2.05, 4.69) is 16.0 Å². The molecule has 0 radical (unpaired) electrons. The number of carbonyl (C=O) groups is 2. The molecule has 0 aliphatic rings. The van der Waals surface area contributed by atoms with Crippen LogP contribution in [0.2, 0.25) is 0 Å². The summed E-state index contributed by atoms with van der Waals surface area (Å²) in [6.45, 7) is 1.64. The van der Waals surface area contributed by atoms with E-state index in [1.807, 2.05) is 24.3 Å². The highest BCUT2D eigenvalue weighted by molar-refractivity contribution is 6.13. The predicted octanol–water partition coefficient (Wildman–Crippen LogP) is 5.68. The van der Waals surface area contributed by atoms with Crippen molar-refractivity contribution in [2.24, 2.45) is 0 Å². The number of nitrogens with zero attached hydrogens (tertiary/aromatic N) is 1. The number of benzene rings is 4. The van der Waals surface area contributed by atoms with Crippen molar-refractivity contribution in [3.8, 4) is 23.0 Å². The monoisotopic (exact) mass is 614 g/mol. The van der Waals surface area contributed by atoms with Crippen LogP contribution < -0.4 is 34.9 Å². The van der Waals surface area contributed by atoms with E-state index in [4.69, 9.17) is 18.9 Å². The number of nitro groups is 1. The van der Waals surface area contributed by atoms with Gasteiger partial charge in [0.1, 0.15) is 23.0 Å². The highest BCUT2D eigenvalue weighted by atomic mass is 16.6. The quantitative estimate of drug-likeness (QED) is 0.0872. The Hall–Kier alpha value is -5.62. The molecule has 0 saturated carbocycles. The van der Waals surface area contributed by atoms with Gasteiger partial charge >= 0.3 is 0 Å². The van der Waals surface area contributed by atoms with Crippen molar-refractivity contribution in [3.05, 3.63) is 112 Å². The summed E-state index contributed by atoms with van der Waals surface area (Å²) >= 11 is 0. The molecule has 2 amide bonds. The van der Waals surface area contributed by atoms with Crippen LogP contribution in [0.25, 0.3) is 0 Å². The molecule has 0 atom stereocenters. The molecule has 4 aromatic carbocycles. The van der Waals surface area contributed by atoms with Gasteiger partial charge in [-0.15, -0.1) is 0 Å². The number of hydrogen-bond donors (Lipinski definition) is 3. The molecule has 0 heterocycles. The maximum atomic E-state index is 13.5. The third-order valence-electron chi connectivity index (χ3n) is 6.73. The molecule has 0 bridgehead atoms. The van der Waals surface area contributed by atoms with Gasteiger partial charge in [-0.1, -0.05) is 12.1 Å². The molecular weight excluding hydrogens is 580 g/mol. The number of ether oxygens (including phenoxy) is 4. The van der Waals surface area contributed by atoms with Gasteiger partial charge in [0.05, 0.1) is 49.7 Å². The predicted molar refractivity (Wildman–Crippen MR) is 170 cm³/mol. The van der Waals surface area contributed by atoms with Crippen LogP contribution in [0.4, 0.5) is 17.1 Å². The van der Waals surface area contributed by atoms with Crippen LogP contribution >= 0.6 is 0 Å². The van der Waals surface area contributed by atoms with Crippen LogP contribution in [0.1, 0.15) is 32.7 Å². The second kappa shape index (κ2) is 15.7. The van der Waals surface area contributed by atoms with Crippen LogP contribution in [-0.2, 0) is 6.54 Å². The SMILES string of the molecule is COc1ccc(CNCCCOc2cc(OC)ccc2C(=O)Nc2cc([N+](=O)[O-])ccc2C(=O)Nc2ccc(OC)cc2)cc1. The number of nitro benzene ring substituents is 1. The lowest BCUT2D eigenvalue weighted by molar-refractivity contribution is -0.384. The van der Waals surface area contributed by atoms with Gasteiger partial charge in [-0.05, 0) is 73.1 Å². The molecule has 0 aliphatic heterocycles. The third-order valence-corrected chi connectivity index (χ3v) is 6.73. The van der Waals surface area contributed by atoms with Crippen LogP contribution in [-0.4, -0.2) is 51.2 Å². The molecule has 4 aromatic rings. The van der Waals surface area contributed by atoms with Crippen LogP contribution in [0.5, 0.6) is 23.0 Å². The van der Waals surface area contributed by atoms with E-state index < -0.39 is 16.7 Å². The highest BCUT2D eigenvalue weighted by Crippen LogP contribution is 2.29. The Kier molecular flexibility index (Phi) is 11.3. The molecule has 0 unspecified atom stereocenters. The average Bonchev–Trinajstić information content (AvgIpc) is 3.06. The summed E-state index contributed by atoms with van der Waals surface area (Å²) in [5, 5.41) is 20.2.